The molecule has 2 aliphatic carbocycles. The number of carbonyl (C=O) groups excluding carboxylic acids is 2. The fourth-order valence-electron chi connectivity index (χ4n) is 3.68. The molecule has 4 nitrogen and oxygen atoms in total. The molecule has 1 N–H and O–H groups in total. The number of esters is 1. The highest BCUT2D eigenvalue weighted by Gasteiger charge is 2.61. The Balaban J connectivity index is 2.33. The summed E-state index contributed by atoms with van der Waals surface area (Å²) in [5.74, 6) is -0.786. The van der Waals surface area contributed by atoms with Crippen molar-refractivity contribution in [1.29, 1.82) is 0 Å². The summed E-state index contributed by atoms with van der Waals surface area (Å²) in [7, 11) is 0. The molecule has 0 aromatic carbocycles. The summed E-state index contributed by atoms with van der Waals surface area (Å²) >= 11 is 0. The molecule has 0 heterocycles. The van der Waals surface area contributed by atoms with Crippen LogP contribution >= 0.6 is 0 Å². The van der Waals surface area contributed by atoms with Crippen molar-refractivity contribution in [3.05, 3.63) is 0 Å². The molecule has 0 saturated heterocycles. The molecule has 0 unspecified atom stereocenters. The topological polar surface area (TPSA) is 63.6 Å². The Morgan fingerprint density at radius 1 is 1.44 bits per heavy atom. The smallest absolute Gasteiger partial charge is 0.311 e. The van der Waals surface area contributed by atoms with Gasteiger partial charge in [-0.25, -0.2) is 0 Å². The van der Waals surface area contributed by atoms with Crippen molar-refractivity contribution in [3.8, 4) is 0 Å². The lowest BCUT2D eigenvalue weighted by molar-refractivity contribution is -0.194. The van der Waals surface area contributed by atoms with Crippen molar-refractivity contribution in [2.24, 2.45) is 11.3 Å². The van der Waals surface area contributed by atoms with E-state index in [-0.39, 0.29) is 11.8 Å². The molecule has 0 amide bonds. The number of fused-ring (bicyclic) bond motifs is 1. The first-order valence-corrected chi connectivity index (χ1v) is 6.88. The van der Waals surface area contributed by atoms with Crippen LogP contribution < -0.4 is 0 Å². The Bertz CT molecular complexity index is 365. The summed E-state index contributed by atoms with van der Waals surface area (Å²) < 4.78 is 5.07. The number of hydrogen-bond acceptors (Lipinski definition) is 4. The van der Waals surface area contributed by atoms with E-state index in [1.54, 1.807) is 6.92 Å². The summed E-state index contributed by atoms with van der Waals surface area (Å²) in [6.07, 6.45) is 3.82. The number of ketones is 1. The monoisotopic (exact) mass is 254 g/mol. The van der Waals surface area contributed by atoms with Crippen molar-refractivity contribution < 1.29 is 19.4 Å². The maximum absolute atomic E-state index is 12.2. The van der Waals surface area contributed by atoms with Gasteiger partial charge in [0, 0.05) is 6.42 Å². The van der Waals surface area contributed by atoms with Crippen LogP contribution in [0, 0.1) is 11.3 Å². The maximum Gasteiger partial charge on any atom is 0.311 e. The lowest BCUT2D eigenvalue weighted by Crippen LogP contribution is -2.62. The standard InChI is InChI=1S/C14H22O4/c1-3-18-12(16)10-6-4-8-13(2)11(15)7-5-9-14(10,13)17/h10,17H,3-9H2,1-2H3/t10-,13+,14+/m1/s1. The molecule has 4 heteroatoms. The van der Waals surface area contributed by atoms with E-state index in [9.17, 15) is 14.7 Å². The minimum atomic E-state index is -1.20. The van der Waals surface area contributed by atoms with Gasteiger partial charge in [0.25, 0.3) is 0 Å². The third-order valence-corrected chi connectivity index (χ3v) is 4.85. The van der Waals surface area contributed by atoms with Gasteiger partial charge in [0.05, 0.1) is 23.5 Å². The number of aliphatic hydroxyl groups is 1. The van der Waals surface area contributed by atoms with Crippen LogP contribution in [0.15, 0.2) is 0 Å². The van der Waals surface area contributed by atoms with E-state index in [4.69, 9.17) is 4.74 Å². The summed E-state index contributed by atoms with van der Waals surface area (Å²) in [5.41, 5.74) is -1.96. The van der Waals surface area contributed by atoms with Gasteiger partial charge in [0.15, 0.2) is 0 Å². The molecule has 0 aromatic heterocycles. The van der Waals surface area contributed by atoms with Gasteiger partial charge in [-0.05, 0) is 39.5 Å². The number of rotatable bonds is 2. The molecule has 3 atom stereocenters. The minimum Gasteiger partial charge on any atom is -0.466 e. The third kappa shape index (κ3) is 1.78. The van der Waals surface area contributed by atoms with Gasteiger partial charge in [-0.2, -0.15) is 0 Å². The highest BCUT2D eigenvalue weighted by molar-refractivity contribution is 5.88. The van der Waals surface area contributed by atoms with E-state index in [1.165, 1.54) is 0 Å². The molecule has 2 saturated carbocycles. The van der Waals surface area contributed by atoms with Gasteiger partial charge in [0.2, 0.25) is 0 Å². The van der Waals surface area contributed by atoms with Crippen LogP contribution in [-0.2, 0) is 14.3 Å². The highest BCUT2D eigenvalue weighted by Crippen LogP contribution is 2.53. The summed E-state index contributed by atoms with van der Waals surface area (Å²) in [5, 5.41) is 11.0. The second-order valence-electron chi connectivity index (χ2n) is 5.73. The molecule has 0 radical (unpaired) electrons. The van der Waals surface area contributed by atoms with Gasteiger partial charge < -0.3 is 9.84 Å². The van der Waals surface area contributed by atoms with E-state index in [0.29, 0.717) is 38.7 Å². The summed E-state index contributed by atoms with van der Waals surface area (Å²) in [4.78, 5) is 24.2. The van der Waals surface area contributed by atoms with Crippen molar-refractivity contribution in [3.63, 3.8) is 0 Å². The average molecular weight is 254 g/mol. The zero-order chi connectivity index (χ0) is 13.4. The Morgan fingerprint density at radius 3 is 2.83 bits per heavy atom. The van der Waals surface area contributed by atoms with Crippen LogP contribution in [0.4, 0.5) is 0 Å². The van der Waals surface area contributed by atoms with Gasteiger partial charge >= 0.3 is 5.97 Å². The van der Waals surface area contributed by atoms with Crippen molar-refractivity contribution in [1.82, 2.24) is 0 Å². The third-order valence-electron chi connectivity index (χ3n) is 4.85. The lowest BCUT2D eigenvalue weighted by Gasteiger charge is -2.53. The van der Waals surface area contributed by atoms with E-state index in [1.807, 2.05) is 6.92 Å². The Kier molecular flexibility index (Phi) is 3.49. The first kappa shape index (κ1) is 13.5. The summed E-state index contributed by atoms with van der Waals surface area (Å²) in [6, 6.07) is 0. The SMILES string of the molecule is CCOC(=O)[C@H]1CCC[C@@]2(C)C(=O)CCC[C@]12O. The van der Waals surface area contributed by atoms with Crippen molar-refractivity contribution in [2.75, 3.05) is 6.61 Å². The normalized spacial score (nSPS) is 40.2. The number of carbonyl (C=O) groups is 2. The average Bonchev–Trinajstić information content (AvgIpc) is 2.31. The molecule has 2 rings (SSSR count). The molecule has 102 valence electrons. The van der Waals surface area contributed by atoms with Crippen LogP contribution in [-0.4, -0.2) is 29.1 Å². The molecular weight excluding hydrogens is 232 g/mol. The van der Waals surface area contributed by atoms with Gasteiger partial charge in [-0.3, -0.25) is 9.59 Å². The number of ether oxygens (including phenoxy) is 1. The van der Waals surface area contributed by atoms with Gasteiger partial charge in [-0.15, -0.1) is 0 Å². The molecule has 18 heavy (non-hydrogen) atoms. The highest BCUT2D eigenvalue weighted by atomic mass is 16.5. The maximum atomic E-state index is 12.2. The molecule has 0 spiro atoms. The van der Waals surface area contributed by atoms with Crippen LogP contribution in [0.5, 0.6) is 0 Å². The molecule has 0 bridgehead atoms. The molecule has 2 fully saturated rings. The first-order valence-electron chi connectivity index (χ1n) is 6.88. The first-order chi connectivity index (χ1) is 8.45. The van der Waals surface area contributed by atoms with Gasteiger partial charge in [0.1, 0.15) is 5.78 Å². The second kappa shape index (κ2) is 4.65. The van der Waals surface area contributed by atoms with Crippen LogP contribution in [0.1, 0.15) is 52.4 Å². The van der Waals surface area contributed by atoms with E-state index in [2.05, 4.69) is 0 Å². The summed E-state index contributed by atoms with van der Waals surface area (Å²) in [6.45, 7) is 3.89. The Hall–Kier alpha value is -0.900. The fraction of sp³-hybridized carbons (Fsp3) is 0.857. The number of Topliss-reactive ketones (excluding diaryl/α,β-unsaturated/α-hetero) is 1. The van der Waals surface area contributed by atoms with Crippen molar-refractivity contribution >= 4 is 11.8 Å². The predicted molar refractivity (Wildman–Crippen MR) is 65.9 cm³/mol. The van der Waals surface area contributed by atoms with Crippen LogP contribution in [0.2, 0.25) is 0 Å². The van der Waals surface area contributed by atoms with E-state index in [0.717, 1.165) is 6.42 Å². The zero-order valence-corrected chi connectivity index (χ0v) is 11.2. The fourth-order valence-corrected chi connectivity index (χ4v) is 3.68. The predicted octanol–water partition coefficient (Wildman–Crippen LogP) is 1.84. The molecule has 2 aliphatic rings. The Labute approximate surface area is 108 Å². The van der Waals surface area contributed by atoms with Crippen LogP contribution in [0.25, 0.3) is 0 Å². The largest absolute Gasteiger partial charge is 0.466 e. The van der Waals surface area contributed by atoms with Crippen LogP contribution in [0.3, 0.4) is 0 Å². The Morgan fingerprint density at radius 2 is 2.17 bits per heavy atom. The minimum absolute atomic E-state index is 0.102. The second-order valence-corrected chi connectivity index (χ2v) is 5.73. The quantitative estimate of drug-likeness (QED) is 0.764. The molecule has 0 aliphatic heterocycles. The van der Waals surface area contributed by atoms with E-state index >= 15 is 0 Å². The lowest BCUT2D eigenvalue weighted by atomic mass is 9.53. The van der Waals surface area contributed by atoms with Gasteiger partial charge in [-0.1, -0.05) is 6.42 Å². The molecular formula is C14H22O4. The van der Waals surface area contributed by atoms with Crippen molar-refractivity contribution in [2.45, 2.75) is 58.0 Å². The van der Waals surface area contributed by atoms with E-state index < -0.39 is 16.9 Å². The molecule has 0 aromatic rings. The zero-order valence-electron chi connectivity index (χ0n) is 11.2. The number of hydrogen-bond donors (Lipinski definition) is 1.